The summed E-state index contributed by atoms with van der Waals surface area (Å²) in [7, 11) is 3.00. The highest BCUT2D eigenvalue weighted by molar-refractivity contribution is 5.76. The minimum absolute atomic E-state index is 0.230. The smallest absolute Gasteiger partial charge is 0.325 e. The normalized spacial score (nSPS) is 9.69. The van der Waals surface area contributed by atoms with Crippen LogP contribution in [0.15, 0.2) is 24.3 Å². The lowest BCUT2D eigenvalue weighted by Gasteiger charge is -2.23. The van der Waals surface area contributed by atoms with Gasteiger partial charge in [-0.15, -0.1) is 0 Å². The van der Waals surface area contributed by atoms with E-state index in [2.05, 4.69) is 4.74 Å². The molecule has 0 saturated carbocycles. The Hall–Kier alpha value is -1.71. The first-order valence-corrected chi connectivity index (χ1v) is 5.17. The third-order valence-electron chi connectivity index (χ3n) is 2.36. The number of benzene rings is 1. The zero-order valence-electron chi connectivity index (χ0n) is 9.90. The molecule has 0 atom stereocenters. The molecule has 0 bridgehead atoms. The lowest BCUT2D eigenvalue weighted by Crippen LogP contribution is -2.30. The summed E-state index contributed by atoms with van der Waals surface area (Å²) in [6.45, 7) is 2.93. The van der Waals surface area contributed by atoms with E-state index in [9.17, 15) is 4.79 Å². The summed E-state index contributed by atoms with van der Waals surface area (Å²) in [4.78, 5) is 13.2. The highest BCUT2D eigenvalue weighted by Crippen LogP contribution is 2.27. The van der Waals surface area contributed by atoms with Crippen LogP contribution in [-0.2, 0) is 9.53 Å². The van der Waals surface area contributed by atoms with Crippen molar-refractivity contribution in [3.63, 3.8) is 0 Å². The Balaban J connectivity index is 2.89. The first-order valence-electron chi connectivity index (χ1n) is 5.17. The van der Waals surface area contributed by atoms with Gasteiger partial charge in [-0.25, -0.2) is 0 Å². The molecule has 0 radical (unpaired) electrons. The van der Waals surface area contributed by atoms with E-state index in [1.165, 1.54) is 7.11 Å². The van der Waals surface area contributed by atoms with E-state index in [1.807, 2.05) is 36.1 Å². The molecule has 4 heteroatoms. The molecule has 0 aliphatic rings. The highest BCUT2D eigenvalue weighted by atomic mass is 16.5. The summed E-state index contributed by atoms with van der Waals surface area (Å²) in [6, 6.07) is 7.60. The monoisotopic (exact) mass is 223 g/mol. The fraction of sp³-hybridized carbons (Fsp3) is 0.417. The Morgan fingerprint density at radius 2 is 2.00 bits per heavy atom. The molecule has 0 amide bonds. The van der Waals surface area contributed by atoms with E-state index < -0.39 is 0 Å². The van der Waals surface area contributed by atoms with Crippen LogP contribution in [0.2, 0.25) is 0 Å². The van der Waals surface area contributed by atoms with Gasteiger partial charge >= 0.3 is 5.97 Å². The predicted octanol–water partition coefficient (Wildman–Crippen LogP) is 1.69. The predicted molar refractivity (Wildman–Crippen MR) is 62.9 cm³/mol. The minimum atomic E-state index is -0.257. The second kappa shape index (κ2) is 6.00. The molecule has 0 fully saturated rings. The van der Waals surface area contributed by atoms with Crippen LogP contribution in [0.25, 0.3) is 0 Å². The average molecular weight is 223 g/mol. The van der Waals surface area contributed by atoms with Crippen molar-refractivity contribution in [2.24, 2.45) is 0 Å². The summed E-state index contributed by atoms with van der Waals surface area (Å²) >= 11 is 0. The molecule has 0 saturated heterocycles. The van der Waals surface area contributed by atoms with Gasteiger partial charge in [0.15, 0.2) is 0 Å². The Labute approximate surface area is 95.8 Å². The summed E-state index contributed by atoms with van der Waals surface area (Å²) < 4.78 is 9.91. The van der Waals surface area contributed by atoms with E-state index in [0.29, 0.717) is 0 Å². The van der Waals surface area contributed by atoms with Crippen molar-refractivity contribution in [3.8, 4) is 5.75 Å². The van der Waals surface area contributed by atoms with Crippen molar-refractivity contribution in [2.75, 3.05) is 32.2 Å². The third-order valence-corrected chi connectivity index (χ3v) is 2.36. The van der Waals surface area contributed by atoms with Crippen LogP contribution in [0.4, 0.5) is 5.69 Å². The Bertz CT molecular complexity index is 352. The molecule has 0 heterocycles. The third kappa shape index (κ3) is 2.89. The Morgan fingerprint density at radius 1 is 1.31 bits per heavy atom. The molecule has 0 aliphatic carbocycles. The average Bonchev–Trinajstić information content (AvgIpc) is 2.35. The Kier molecular flexibility index (Phi) is 4.64. The number of hydrogen-bond donors (Lipinski definition) is 0. The van der Waals surface area contributed by atoms with Crippen molar-refractivity contribution in [3.05, 3.63) is 24.3 Å². The molecular weight excluding hydrogens is 206 g/mol. The lowest BCUT2D eigenvalue weighted by atomic mass is 10.2. The number of methoxy groups -OCH3 is 2. The molecule has 0 spiro atoms. The number of hydrogen-bond acceptors (Lipinski definition) is 4. The first-order chi connectivity index (χ1) is 7.72. The second-order valence-corrected chi connectivity index (χ2v) is 3.26. The van der Waals surface area contributed by atoms with Gasteiger partial charge in [0, 0.05) is 6.54 Å². The van der Waals surface area contributed by atoms with Gasteiger partial charge in [-0.1, -0.05) is 12.1 Å². The van der Waals surface area contributed by atoms with Gasteiger partial charge in [-0.05, 0) is 19.1 Å². The number of nitrogens with zero attached hydrogens (tertiary/aromatic N) is 1. The molecule has 1 aromatic rings. The van der Waals surface area contributed by atoms with E-state index in [0.717, 1.165) is 18.0 Å². The van der Waals surface area contributed by atoms with Crippen molar-refractivity contribution >= 4 is 11.7 Å². The highest BCUT2D eigenvalue weighted by Gasteiger charge is 2.13. The quantitative estimate of drug-likeness (QED) is 0.712. The van der Waals surface area contributed by atoms with Crippen LogP contribution in [0.3, 0.4) is 0 Å². The van der Waals surface area contributed by atoms with Crippen LogP contribution >= 0.6 is 0 Å². The molecule has 16 heavy (non-hydrogen) atoms. The maximum absolute atomic E-state index is 11.2. The van der Waals surface area contributed by atoms with Gasteiger partial charge in [0.2, 0.25) is 0 Å². The zero-order chi connectivity index (χ0) is 12.0. The number of rotatable bonds is 5. The van der Waals surface area contributed by atoms with Crippen molar-refractivity contribution in [1.82, 2.24) is 0 Å². The molecule has 0 N–H and O–H groups in total. The number of esters is 1. The summed E-state index contributed by atoms with van der Waals surface area (Å²) in [5, 5.41) is 0. The Morgan fingerprint density at radius 3 is 2.56 bits per heavy atom. The van der Waals surface area contributed by atoms with Gasteiger partial charge in [0.25, 0.3) is 0 Å². The summed E-state index contributed by atoms with van der Waals surface area (Å²) in [5.41, 5.74) is 0.901. The molecule has 88 valence electrons. The van der Waals surface area contributed by atoms with Gasteiger partial charge < -0.3 is 14.4 Å². The first kappa shape index (κ1) is 12.4. The van der Waals surface area contributed by atoms with Gasteiger partial charge in [-0.3, -0.25) is 4.79 Å². The van der Waals surface area contributed by atoms with E-state index in [1.54, 1.807) is 7.11 Å². The molecule has 0 aromatic heterocycles. The van der Waals surface area contributed by atoms with Crippen molar-refractivity contribution in [2.45, 2.75) is 6.92 Å². The van der Waals surface area contributed by atoms with E-state index in [-0.39, 0.29) is 12.5 Å². The number of anilines is 1. The molecule has 1 aromatic carbocycles. The summed E-state index contributed by atoms with van der Waals surface area (Å²) in [5.74, 6) is 0.501. The SMILES string of the molecule is CCN(CC(=O)OC)c1ccccc1OC. The molecule has 4 nitrogen and oxygen atoms in total. The standard InChI is InChI=1S/C12H17NO3/c1-4-13(9-12(14)16-3)10-7-5-6-8-11(10)15-2/h5-8H,4,9H2,1-3H3. The largest absolute Gasteiger partial charge is 0.495 e. The molecule has 0 aliphatic heterocycles. The van der Waals surface area contributed by atoms with Crippen LogP contribution < -0.4 is 9.64 Å². The van der Waals surface area contributed by atoms with Crippen LogP contribution in [0.5, 0.6) is 5.75 Å². The lowest BCUT2D eigenvalue weighted by molar-refractivity contribution is -0.138. The molecule has 0 unspecified atom stereocenters. The van der Waals surface area contributed by atoms with E-state index in [4.69, 9.17) is 4.74 Å². The van der Waals surface area contributed by atoms with Crippen molar-refractivity contribution < 1.29 is 14.3 Å². The fourth-order valence-corrected chi connectivity index (χ4v) is 1.48. The van der Waals surface area contributed by atoms with Crippen LogP contribution in [0, 0.1) is 0 Å². The van der Waals surface area contributed by atoms with Crippen LogP contribution in [0.1, 0.15) is 6.92 Å². The van der Waals surface area contributed by atoms with Gasteiger partial charge in [0.1, 0.15) is 12.3 Å². The van der Waals surface area contributed by atoms with Gasteiger partial charge in [-0.2, -0.15) is 0 Å². The van der Waals surface area contributed by atoms with Gasteiger partial charge in [0.05, 0.1) is 19.9 Å². The number of carbonyl (C=O) groups excluding carboxylic acids is 1. The maximum Gasteiger partial charge on any atom is 0.325 e. The number of likely N-dealkylation sites (N-methyl/N-ethyl adjacent to an activating group) is 1. The van der Waals surface area contributed by atoms with Crippen LogP contribution in [-0.4, -0.2) is 33.3 Å². The summed E-state index contributed by atoms with van der Waals surface area (Å²) in [6.07, 6.45) is 0. The fourth-order valence-electron chi connectivity index (χ4n) is 1.48. The topological polar surface area (TPSA) is 38.8 Å². The maximum atomic E-state index is 11.2. The number of para-hydroxylation sites is 2. The second-order valence-electron chi connectivity index (χ2n) is 3.26. The molecular formula is C12H17NO3. The van der Waals surface area contributed by atoms with Crippen molar-refractivity contribution in [1.29, 1.82) is 0 Å². The van der Waals surface area contributed by atoms with E-state index >= 15 is 0 Å². The number of ether oxygens (including phenoxy) is 2. The molecule has 1 rings (SSSR count). The minimum Gasteiger partial charge on any atom is -0.495 e. The zero-order valence-corrected chi connectivity index (χ0v) is 9.90. The number of carbonyl (C=O) groups is 1.